The van der Waals surface area contributed by atoms with Gasteiger partial charge in [-0.25, -0.2) is 4.85 Å². The molecule has 0 heterocycles. The average Bonchev–Trinajstić information content (AvgIpc) is 2.42. The number of hydrogen-bond acceptors (Lipinski definition) is 1. The monoisotopic (exact) mass is 250 g/mol. The molecular formula is C17H18N2. The van der Waals surface area contributed by atoms with Crippen LogP contribution >= 0.6 is 0 Å². The summed E-state index contributed by atoms with van der Waals surface area (Å²) in [6.45, 7) is 13.4. The van der Waals surface area contributed by atoms with Crippen molar-refractivity contribution in [2.75, 3.05) is 4.90 Å². The molecule has 19 heavy (non-hydrogen) atoms. The van der Waals surface area contributed by atoms with E-state index in [1.165, 1.54) is 11.3 Å². The van der Waals surface area contributed by atoms with Crippen LogP contribution in [0.4, 0.5) is 17.1 Å². The lowest BCUT2D eigenvalue weighted by Crippen LogP contribution is -2.25. The Morgan fingerprint density at radius 3 is 1.79 bits per heavy atom. The molecule has 0 spiro atoms. The molecule has 2 aromatic carbocycles. The van der Waals surface area contributed by atoms with Crippen molar-refractivity contribution < 1.29 is 0 Å². The van der Waals surface area contributed by atoms with Crippen LogP contribution in [0.3, 0.4) is 0 Å². The van der Waals surface area contributed by atoms with Gasteiger partial charge >= 0.3 is 0 Å². The summed E-state index contributed by atoms with van der Waals surface area (Å²) in [6.07, 6.45) is 0. The smallest absolute Gasteiger partial charge is 0.187 e. The fraction of sp³-hybridized carbons (Fsp3) is 0.235. The average molecular weight is 250 g/mol. The van der Waals surface area contributed by atoms with Gasteiger partial charge in [-0.1, -0.05) is 29.8 Å². The van der Waals surface area contributed by atoms with Crippen LogP contribution in [0.25, 0.3) is 4.85 Å². The Morgan fingerprint density at radius 2 is 1.37 bits per heavy atom. The molecule has 2 aromatic rings. The second-order valence-electron chi connectivity index (χ2n) is 4.93. The van der Waals surface area contributed by atoms with E-state index >= 15 is 0 Å². The van der Waals surface area contributed by atoms with Gasteiger partial charge in [0.2, 0.25) is 0 Å². The molecule has 2 rings (SSSR count). The Balaban J connectivity index is 2.39. The Hall–Kier alpha value is -2.27. The molecule has 0 aliphatic rings. The van der Waals surface area contributed by atoms with Crippen molar-refractivity contribution in [1.82, 2.24) is 0 Å². The molecule has 0 aliphatic carbocycles. The first-order valence-corrected chi connectivity index (χ1v) is 6.45. The summed E-state index contributed by atoms with van der Waals surface area (Å²) in [5.74, 6) is 0. The zero-order valence-electron chi connectivity index (χ0n) is 11.6. The maximum atomic E-state index is 7.01. The molecule has 96 valence electrons. The van der Waals surface area contributed by atoms with Crippen LogP contribution in [-0.2, 0) is 0 Å². The van der Waals surface area contributed by atoms with Gasteiger partial charge in [-0.3, -0.25) is 0 Å². The fourth-order valence-electron chi connectivity index (χ4n) is 2.14. The third-order valence-corrected chi connectivity index (χ3v) is 3.09. The second kappa shape index (κ2) is 5.58. The van der Waals surface area contributed by atoms with Gasteiger partial charge in [0.1, 0.15) is 0 Å². The highest BCUT2D eigenvalue weighted by molar-refractivity contribution is 5.66. The summed E-state index contributed by atoms with van der Waals surface area (Å²) in [4.78, 5) is 5.70. The molecule has 0 radical (unpaired) electrons. The normalized spacial score (nSPS) is 10.3. The molecule has 0 atom stereocenters. The third-order valence-electron chi connectivity index (χ3n) is 3.09. The van der Waals surface area contributed by atoms with Crippen molar-refractivity contribution >= 4 is 17.1 Å². The van der Waals surface area contributed by atoms with Crippen molar-refractivity contribution in [2.24, 2.45) is 0 Å². The highest BCUT2D eigenvalue weighted by Gasteiger charge is 2.12. The predicted octanol–water partition coefficient (Wildman–Crippen LogP) is 5.09. The first kappa shape index (κ1) is 13.2. The van der Waals surface area contributed by atoms with Crippen molar-refractivity contribution in [2.45, 2.75) is 26.8 Å². The van der Waals surface area contributed by atoms with E-state index in [2.05, 4.69) is 54.8 Å². The lowest BCUT2D eigenvalue weighted by molar-refractivity contribution is 0.789. The van der Waals surface area contributed by atoms with Crippen molar-refractivity contribution in [3.05, 3.63) is 65.5 Å². The molecule has 0 aromatic heterocycles. The number of benzene rings is 2. The number of nitrogens with zero attached hydrogens (tertiary/aromatic N) is 2. The molecular weight excluding hydrogens is 232 g/mol. The Kier molecular flexibility index (Phi) is 3.87. The molecule has 0 N–H and O–H groups in total. The van der Waals surface area contributed by atoms with Crippen LogP contribution in [0.15, 0.2) is 48.5 Å². The molecule has 0 aliphatic heterocycles. The number of hydrogen-bond donors (Lipinski definition) is 0. The van der Waals surface area contributed by atoms with Crippen LogP contribution in [0, 0.1) is 13.5 Å². The molecule has 0 saturated carbocycles. The lowest BCUT2D eigenvalue weighted by atomic mass is 10.1. The fourth-order valence-corrected chi connectivity index (χ4v) is 2.14. The van der Waals surface area contributed by atoms with Crippen LogP contribution in [0.5, 0.6) is 0 Å². The van der Waals surface area contributed by atoms with E-state index in [1.807, 2.05) is 24.3 Å². The van der Waals surface area contributed by atoms with E-state index in [-0.39, 0.29) is 0 Å². The summed E-state index contributed by atoms with van der Waals surface area (Å²) < 4.78 is 0. The molecule has 2 heteroatoms. The Morgan fingerprint density at radius 1 is 0.895 bits per heavy atom. The standard InChI is InChI=1S/C17H18N2/c1-13(2)19(16-9-5-14(3)6-10-16)17-11-7-15(18-4)8-12-17/h5-13H,1-3H3. The van der Waals surface area contributed by atoms with Gasteiger partial charge < -0.3 is 4.90 Å². The summed E-state index contributed by atoms with van der Waals surface area (Å²) in [7, 11) is 0. The number of rotatable bonds is 3. The van der Waals surface area contributed by atoms with Crippen molar-refractivity contribution in [3.8, 4) is 0 Å². The highest BCUT2D eigenvalue weighted by Crippen LogP contribution is 2.29. The molecule has 0 saturated heterocycles. The van der Waals surface area contributed by atoms with Crippen LogP contribution in [0.2, 0.25) is 0 Å². The maximum Gasteiger partial charge on any atom is 0.187 e. The molecule has 0 bridgehead atoms. The minimum absolute atomic E-state index is 0.362. The van der Waals surface area contributed by atoms with Crippen LogP contribution in [-0.4, -0.2) is 6.04 Å². The van der Waals surface area contributed by atoms with E-state index in [4.69, 9.17) is 6.57 Å². The van der Waals surface area contributed by atoms with E-state index in [1.54, 1.807) is 0 Å². The molecule has 0 unspecified atom stereocenters. The number of aryl methyl sites for hydroxylation is 1. The van der Waals surface area contributed by atoms with Gasteiger partial charge in [-0.2, -0.15) is 0 Å². The van der Waals surface area contributed by atoms with E-state index < -0.39 is 0 Å². The lowest BCUT2D eigenvalue weighted by Gasteiger charge is -2.29. The summed E-state index contributed by atoms with van der Waals surface area (Å²) >= 11 is 0. The van der Waals surface area contributed by atoms with E-state index in [9.17, 15) is 0 Å². The molecule has 0 fully saturated rings. The Bertz CT molecular complexity index is 574. The predicted molar refractivity (Wildman–Crippen MR) is 81.2 cm³/mol. The summed E-state index contributed by atoms with van der Waals surface area (Å²) in [5, 5.41) is 0. The van der Waals surface area contributed by atoms with Gasteiger partial charge in [-0.15, -0.1) is 0 Å². The van der Waals surface area contributed by atoms with Gasteiger partial charge in [0.15, 0.2) is 5.69 Å². The zero-order valence-corrected chi connectivity index (χ0v) is 11.6. The van der Waals surface area contributed by atoms with Gasteiger partial charge in [0, 0.05) is 17.4 Å². The van der Waals surface area contributed by atoms with Gasteiger partial charge in [0.05, 0.1) is 6.57 Å². The largest absolute Gasteiger partial charge is 0.339 e. The van der Waals surface area contributed by atoms with E-state index in [0.29, 0.717) is 11.7 Å². The quantitative estimate of drug-likeness (QED) is 0.688. The topological polar surface area (TPSA) is 7.60 Å². The molecule has 2 nitrogen and oxygen atoms in total. The van der Waals surface area contributed by atoms with Crippen LogP contribution in [0.1, 0.15) is 19.4 Å². The SMILES string of the molecule is [C-]#[N+]c1ccc(N(c2ccc(C)cc2)C(C)C)cc1. The Labute approximate surface area is 115 Å². The number of anilines is 2. The minimum Gasteiger partial charge on any atom is -0.339 e. The van der Waals surface area contributed by atoms with Crippen molar-refractivity contribution in [1.29, 1.82) is 0 Å². The second-order valence-corrected chi connectivity index (χ2v) is 4.93. The maximum absolute atomic E-state index is 7.01. The van der Waals surface area contributed by atoms with E-state index in [0.717, 1.165) is 5.69 Å². The van der Waals surface area contributed by atoms with Gasteiger partial charge in [0.25, 0.3) is 0 Å². The molecule has 0 amide bonds. The third kappa shape index (κ3) is 2.95. The zero-order chi connectivity index (χ0) is 13.8. The highest BCUT2D eigenvalue weighted by atomic mass is 15.2. The van der Waals surface area contributed by atoms with Gasteiger partial charge in [-0.05, 0) is 45.0 Å². The first-order valence-electron chi connectivity index (χ1n) is 6.45. The van der Waals surface area contributed by atoms with Crippen molar-refractivity contribution in [3.63, 3.8) is 0 Å². The first-order chi connectivity index (χ1) is 9.11. The summed E-state index contributed by atoms with van der Waals surface area (Å²) in [5.41, 5.74) is 4.23. The van der Waals surface area contributed by atoms with Crippen LogP contribution < -0.4 is 4.90 Å². The summed E-state index contributed by atoms with van der Waals surface area (Å²) in [6, 6.07) is 16.6. The minimum atomic E-state index is 0.362.